The molecule has 3 aliphatic heterocycles. The molecule has 0 radical (unpaired) electrons. The Labute approximate surface area is 517 Å². The molecule has 3 fully saturated rings. The number of pyridine rings is 2. The molecule has 4 aliphatic rings. The van der Waals surface area contributed by atoms with Gasteiger partial charge in [-0.3, -0.25) is 29.3 Å². The summed E-state index contributed by atoms with van der Waals surface area (Å²) >= 11 is 13.1. The van der Waals surface area contributed by atoms with Gasteiger partial charge in [0.15, 0.2) is 0 Å². The number of hydrazine groups is 1. The van der Waals surface area contributed by atoms with Gasteiger partial charge in [0.1, 0.15) is 33.6 Å². The lowest BCUT2D eigenvalue weighted by atomic mass is 9.84. The molecule has 5 atom stereocenters. The number of nitrogens with one attached hydrogen (secondary N) is 3. The van der Waals surface area contributed by atoms with Crippen LogP contribution in [0.5, 0.6) is 0 Å². The minimum absolute atomic E-state index is 0.0345. The van der Waals surface area contributed by atoms with Crippen molar-refractivity contribution in [3.63, 3.8) is 0 Å². The second-order valence-corrected chi connectivity index (χ2v) is 27.6. The summed E-state index contributed by atoms with van der Waals surface area (Å²) in [6.45, 7) is 28.3. The zero-order valence-electron chi connectivity index (χ0n) is 52.5. The van der Waals surface area contributed by atoms with Gasteiger partial charge in [0.25, 0.3) is 5.91 Å². The van der Waals surface area contributed by atoms with Crippen molar-refractivity contribution in [1.29, 1.82) is 0 Å². The second-order valence-electron chi connectivity index (χ2n) is 26.8. The first-order valence-corrected chi connectivity index (χ1v) is 31.4. The van der Waals surface area contributed by atoms with Gasteiger partial charge in [-0.15, -0.1) is 0 Å². The SMILES string of the molecule is CCn1c(-c2cc(N3CCN(C4CC4)CC3)cnc2[C@H](C)OC)c2c3cc(ccc31)-c1cc(cc(NC[C@H](OC[C@H](C(=O)OC(C)(C)C)C(C)C)c3cc(Cl)nc(Cl)c3)c1)C[C@H](NC(=O)OC(C)(C)C)C(=O)N1CCC[C@H](N1)C(=O)OCC(C)(C)C2. The number of cyclic esters (lactones) is 1. The van der Waals surface area contributed by atoms with E-state index in [4.69, 9.17) is 51.9 Å². The number of nitrogens with zero attached hydrogens (tertiary/aromatic N) is 6. The Morgan fingerprint density at radius 3 is 2.24 bits per heavy atom. The van der Waals surface area contributed by atoms with Gasteiger partial charge in [-0.05, 0) is 164 Å². The summed E-state index contributed by atoms with van der Waals surface area (Å²) < 4.78 is 33.1. The molecule has 2 saturated heterocycles. The Hall–Kier alpha value is -6.02. The van der Waals surface area contributed by atoms with Crippen LogP contribution in [-0.2, 0) is 57.5 Å². The van der Waals surface area contributed by atoms with Gasteiger partial charge in [0, 0.05) is 93.0 Å². The molecule has 0 unspecified atom stereocenters. The van der Waals surface area contributed by atoms with E-state index in [1.54, 1.807) is 40.0 Å². The summed E-state index contributed by atoms with van der Waals surface area (Å²) in [5.41, 5.74) is 10.8. The summed E-state index contributed by atoms with van der Waals surface area (Å²) in [6, 6.07) is 17.0. The molecule has 9 rings (SSSR count). The van der Waals surface area contributed by atoms with E-state index in [0.29, 0.717) is 55.2 Å². The van der Waals surface area contributed by atoms with Crippen molar-refractivity contribution in [2.75, 3.05) is 69.8 Å². The number of alkyl carbamates (subject to hydrolysis) is 1. The molecule has 1 aliphatic carbocycles. The average molecular weight is 1220 g/mol. The van der Waals surface area contributed by atoms with E-state index in [2.05, 4.69) is 92.6 Å². The van der Waals surface area contributed by atoms with Crippen molar-refractivity contribution >= 4 is 69.4 Å². The number of anilines is 2. The number of ether oxygens (including phenoxy) is 5. The Balaban J connectivity index is 1.20. The number of amides is 2. The predicted molar refractivity (Wildman–Crippen MR) is 337 cm³/mol. The second kappa shape index (κ2) is 26.8. The van der Waals surface area contributed by atoms with Crippen molar-refractivity contribution in [2.24, 2.45) is 17.3 Å². The number of aryl methyl sites for hydroxylation is 1. The maximum Gasteiger partial charge on any atom is 0.408 e. The minimum atomic E-state index is -1.14. The highest BCUT2D eigenvalue weighted by atomic mass is 35.5. The number of methoxy groups -OCH3 is 1. The maximum atomic E-state index is 15.0. The van der Waals surface area contributed by atoms with Gasteiger partial charge in [-0.2, -0.15) is 0 Å². The van der Waals surface area contributed by atoms with E-state index in [1.165, 1.54) is 17.9 Å². The van der Waals surface area contributed by atoms with Crippen LogP contribution in [0.2, 0.25) is 10.3 Å². The third kappa shape index (κ3) is 16.0. The molecule has 3 N–H and O–H groups in total. The molecular formula is C66H89Cl2N9O9. The fourth-order valence-electron chi connectivity index (χ4n) is 11.9. The largest absolute Gasteiger partial charge is 0.464 e. The molecule has 2 amide bonds. The number of fused-ring (bicyclic) bond motifs is 6. The third-order valence-corrected chi connectivity index (χ3v) is 16.9. The fraction of sp³-hybridized carbons (Fsp3) is 0.576. The molecule has 1 saturated carbocycles. The van der Waals surface area contributed by atoms with Crippen molar-refractivity contribution in [2.45, 2.75) is 170 Å². The summed E-state index contributed by atoms with van der Waals surface area (Å²) in [7, 11) is 1.72. The lowest BCUT2D eigenvalue weighted by Crippen LogP contribution is -2.60. The highest BCUT2D eigenvalue weighted by Crippen LogP contribution is 2.44. The molecule has 6 bridgehead atoms. The number of carbonyl (C=O) groups excluding carboxylic acids is 4. The van der Waals surface area contributed by atoms with Crippen LogP contribution < -0.4 is 21.0 Å². The van der Waals surface area contributed by atoms with E-state index in [-0.39, 0.29) is 54.5 Å². The number of piperazine rings is 1. The molecule has 466 valence electrons. The van der Waals surface area contributed by atoms with Gasteiger partial charge in [0.2, 0.25) is 0 Å². The van der Waals surface area contributed by atoms with Gasteiger partial charge in [-0.1, -0.05) is 63.0 Å². The highest BCUT2D eigenvalue weighted by molar-refractivity contribution is 6.32. The molecular weight excluding hydrogens is 1130 g/mol. The molecule has 86 heavy (non-hydrogen) atoms. The number of hydrogen-bond acceptors (Lipinski definition) is 15. The predicted octanol–water partition coefficient (Wildman–Crippen LogP) is 11.9. The van der Waals surface area contributed by atoms with Gasteiger partial charge in [-0.25, -0.2) is 15.2 Å². The monoisotopic (exact) mass is 1220 g/mol. The number of esters is 2. The van der Waals surface area contributed by atoms with Crippen LogP contribution in [0.15, 0.2) is 60.8 Å². The van der Waals surface area contributed by atoms with Crippen molar-refractivity contribution < 1.29 is 42.9 Å². The molecule has 18 nitrogen and oxygen atoms in total. The molecule has 3 aromatic heterocycles. The Morgan fingerprint density at radius 1 is 0.884 bits per heavy atom. The van der Waals surface area contributed by atoms with E-state index in [0.717, 1.165) is 76.4 Å². The molecule has 5 aromatic rings. The number of carbonyl (C=O) groups is 4. The van der Waals surface area contributed by atoms with Crippen LogP contribution in [0.4, 0.5) is 16.2 Å². The summed E-state index contributed by atoms with van der Waals surface area (Å²) in [5, 5.41) is 9.36. The van der Waals surface area contributed by atoms with Crippen molar-refractivity contribution in [1.82, 2.24) is 35.2 Å². The van der Waals surface area contributed by atoms with Crippen LogP contribution in [0.3, 0.4) is 0 Å². The third-order valence-electron chi connectivity index (χ3n) is 16.5. The van der Waals surface area contributed by atoms with Crippen LogP contribution in [-0.4, -0.2) is 137 Å². The Bertz CT molecular complexity index is 3250. The summed E-state index contributed by atoms with van der Waals surface area (Å²) in [5.74, 6) is -1.98. The van der Waals surface area contributed by atoms with Gasteiger partial charge >= 0.3 is 18.0 Å². The summed E-state index contributed by atoms with van der Waals surface area (Å²) in [4.78, 5) is 71.2. The zero-order valence-corrected chi connectivity index (χ0v) is 54.0. The zero-order chi connectivity index (χ0) is 62.0. The first-order valence-electron chi connectivity index (χ1n) is 30.6. The standard InChI is InChI=1S/C66H89Cl2N9O9/c1-14-76-54-20-17-42-30-48(54)50(59(76)49-33-47(35-70-58(49)40(4)82-13)75-24-22-74(23-25-75)46-18-19-46)34-66(11,12)38-84-62(80)52-16-15-21-77(73-52)60(78)53(71-63(81)86-65(8,9)10)28-41-26-43(42)29-45(27-41)69-36-55(44-31-56(67)72-57(68)32-44)83-37-51(39(2)3)61(79)85-64(5,6)7/h17,20,26-27,29-33,35,39-40,46,51-53,55,69,73H,14-16,18-19,21-25,28,34,36-38H2,1-13H3,(H,71,81)/t40-,51-,52-,53-,55-/m0/s1. The fourth-order valence-corrected chi connectivity index (χ4v) is 12.4. The van der Waals surface area contributed by atoms with E-state index in [1.807, 2.05) is 53.8 Å². The lowest BCUT2D eigenvalue weighted by Gasteiger charge is -2.36. The Morgan fingerprint density at radius 2 is 1.59 bits per heavy atom. The van der Waals surface area contributed by atoms with Gasteiger partial charge in [0.05, 0.1) is 54.6 Å². The summed E-state index contributed by atoms with van der Waals surface area (Å²) in [6.07, 6.45) is 4.28. The van der Waals surface area contributed by atoms with Crippen LogP contribution in [0, 0.1) is 17.3 Å². The van der Waals surface area contributed by atoms with Crippen molar-refractivity contribution in [3.05, 3.63) is 93.5 Å². The van der Waals surface area contributed by atoms with Crippen LogP contribution in [0.25, 0.3) is 33.3 Å². The van der Waals surface area contributed by atoms with E-state index in [9.17, 15) is 19.2 Å². The molecule has 2 aromatic carbocycles. The number of benzene rings is 2. The molecule has 6 heterocycles. The quantitative estimate of drug-likeness (QED) is 0.0480. The minimum Gasteiger partial charge on any atom is -0.464 e. The van der Waals surface area contributed by atoms with E-state index >= 15 is 0 Å². The van der Waals surface area contributed by atoms with E-state index < -0.39 is 58.7 Å². The number of aromatic nitrogens is 3. The normalized spacial score (nSPS) is 20.0. The van der Waals surface area contributed by atoms with Gasteiger partial charge < -0.3 is 43.8 Å². The van der Waals surface area contributed by atoms with Crippen LogP contribution in [0.1, 0.15) is 143 Å². The number of halogens is 2. The van der Waals surface area contributed by atoms with Crippen LogP contribution >= 0.6 is 23.2 Å². The Kier molecular flexibility index (Phi) is 20.1. The number of hydrogen-bond donors (Lipinski definition) is 3. The van der Waals surface area contributed by atoms with Crippen molar-refractivity contribution in [3.8, 4) is 22.4 Å². The lowest BCUT2D eigenvalue weighted by molar-refractivity contribution is -0.165. The smallest absolute Gasteiger partial charge is 0.408 e. The first-order chi connectivity index (χ1) is 40.7. The topological polar surface area (TPSA) is 191 Å². The molecule has 20 heteroatoms. The molecule has 0 spiro atoms. The highest BCUT2D eigenvalue weighted by Gasteiger charge is 2.38. The maximum absolute atomic E-state index is 15.0. The number of rotatable bonds is 16. The first kappa shape index (κ1) is 64.5. The average Bonchev–Trinajstić information content (AvgIpc) is 1.66.